The van der Waals surface area contributed by atoms with Crippen molar-refractivity contribution in [3.8, 4) is 0 Å². The van der Waals surface area contributed by atoms with Gasteiger partial charge >= 0.3 is 0 Å². The summed E-state index contributed by atoms with van der Waals surface area (Å²) in [6.07, 6.45) is 4.81. The predicted octanol–water partition coefficient (Wildman–Crippen LogP) is 3.00. The molecule has 2 amide bonds. The third-order valence-corrected chi connectivity index (χ3v) is 3.70. The number of hydrogen-bond donors (Lipinski definition) is 0. The van der Waals surface area contributed by atoms with Crippen LogP contribution < -0.4 is 0 Å². The molecule has 0 bridgehead atoms. The number of halogens is 1. The van der Waals surface area contributed by atoms with Gasteiger partial charge in [-0.2, -0.15) is 0 Å². The summed E-state index contributed by atoms with van der Waals surface area (Å²) in [6, 6.07) is 7.18. The molecule has 0 atom stereocenters. The van der Waals surface area contributed by atoms with Gasteiger partial charge in [-0.3, -0.25) is 14.6 Å². The topological polar surface area (TPSA) is 40.6 Å². The number of rotatable bonds is 3. The van der Waals surface area contributed by atoms with Crippen LogP contribution in [0.25, 0.3) is 0 Å². The van der Waals surface area contributed by atoms with Crippen molar-refractivity contribution in [3.63, 3.8) is 0 Å². The van der Waals surface area contributed by atoms with Crippen LogP contribution in [0.4, 0.5) is 0 Å². The summed E-state index contributed by atoms with van der Waals surface area (Å²) in [6.45, 7) is 3.08. The van der Waals surface area contributed by atoms with Crippen LogP contribution in [0.1, 0.15) is 30.1 Å². The van der Waals surface area contributed by atoms with E-state index in [0.29, 0.717) is 25.1 Å². The van der Waals surface area contributed by atoms with E-state index in [0.717, 1.165) is 10.9 Å². The fraction of sp³-hybridized carbons (Fsp3) is 0.333. The lowest BCUT2D eigenvalue weighted by Gasteiger charge is -2.27. The molecule has 1 aromatic rings. The third-order valence-electron chi connectivity index (χ3n) is 3.17. The first-order valence-electron chi connectivity index (χ1n) is 6.62. The third kappa shape index (κ3) is 3.28. The second-order valence-corrected chi connectivity index (χ2v) is 5.49. The summed E-state index contributed by atoms with van der Waals surface area (Å²) in [5.74, 6) is -0.158. The lowest BCUT2D eigenvalue weighted by molar-refractivity contribution is -0.139. The van der Waals surface area contributed by atoms with E-state index in [2.05, 4.69) is 15.9 Å². The monoisotopic (exact) mass is 336 g/mol. The van der Waals surface area contributed by atoms with Gasteiger partial charge in [0.1, 0.15) is 0 Å². The Balaban J connectivity index is 2.12. The number of nitrogens with zero attached hydrogens (tertiary/aromatic N) is 2. The molecule has 1 fully saturated rings. The zero-order chi connectivity index (χ0) is 14.5. The van der Waals surface area contributed by atoms with E-state index in [1.54, 1.807) is 22.2 Å². The first kappa shape index (κ1) is 14.8. The van der Waals surface area contributed by atoms with Crippen molar-refractivity contribution < 1.29 is 9.59 Å². The summed E-state index contributed by atoms with van der Waals surface area (Å²) < 4.78 is 0.927. The van der Waals surface area contributed by atoms with Gasteiger partial charge in [0.2, 0.25) is 5.91 Å². The molecule has 1 aliphatic rings. The molecule has 1 saturated heterocycles. The number of carbonyl (C=O) groups excluding carboxylic acids is 2. The van der Waals surface area contributed by atoms with Gasteiger partial charge in [-0.05, 0) is 37.6 Å². The van der Waals surface area contributed by atoms with E-state index in [-0.39, 0.29) is 11.8 Å². The number of allylic oxidation sites excluding steroid dienone is 1. The Kier molecular flexibility index (Phi) is 4.95. The molecule has 0 radical (unpaired) electrons. The van der Waals surface area contributed by atoms with Crippen LogP contribution in [0.3, 0.4) is 0 Å². The lowest BCUT2D eigenvalue weighted by atomic mass is 10.2. The highest BCUT2D eigenvalue weighted by molar-refractivity contribution is 9.10. The minimum Gasteiger partial charge on any atom is -0.273 e. The highest BCUT2D eigenvalue weighted by Crippen LogP contribution is 2.18. The van der Waals surface area contributed by atoms with Gasteiger partial charge in [-0.25, -0.2) is 5.01 Å². The Morgan fingerprint density at radius 1 is 1.20 bits per heavy atom. The molecule has 5 heteroatoms. The summed E-state index contributed by atoms with van der Waals surface area (Å²) >= 11 is 3.34. The zero-order valence-electron chi connectivity index (χ0n) is 11.4. The average molecular weight is 337 g/mol. The normalized spacial score (nSPS) is 15.1. The van der Waals surface area contributed by atoms with Gasteiger partial charge in [-0.1, -0.05) is 28.1 Å². The summed E-state index contributed by atoms with van der Waals surface area (Å²) in [4.78, 5) is 24.5. The molecule has 106 valence electrons. The Hall–Kier alpha value is -1.62. The molecule has 20 heavy (non-hydrogen) atoms. The molecular formula is C15H17BrN2O2. The molecular weight excluding hydrogens is 320 g/mol. The first-order valence-corrected chi connectivity index (χ1v) is 7.41. The molecule has 0 spiro atoms. The highest BCUT2D eigenvalue weighted by atomic mass is 79.9. The van der Waals surface area contributed by atoms with Crippen LogP contribution in [-0.4, -0.2) is 34.9 Å². The van der Waals surface area contributed by atoms with Crippen molar-refractivity contribution in [2.24, 2.45) is 0 Å². The van der Waals surface area contributed by atoms with Crippen LogP contribution in [0, 0.1) is 0 Å². The molecule has 2 rings (SSSR count). The molecule has 0 N–H and O–H groups in total. The van der Waals surface area contributed by atoms with Gasteiger partial charge in [0.15, 0.2) is 0 Å². The van der Waals surface area contributed by atoms with Gasteiger partial charge in [-0.15, -0.1) is 0 Å². The molecule has 1 heterocycles. The van der Waals surface area contributed by atoms with Gasteiger partial charge in [0, 0.05) is 29.5 Å². The maximum absolute atomic E-state index is 12.4. The van der Waals surface area contributed by atoms with E-state index < -0.39 is 0 Å². The average Bonchev–Trinajstić information content (AvgIpc) is 2.94. The fourth-order valence-electron chi connectivity index (χ4n) is 2.15. The van der Waals surface area contributed by atoms with Crippen LogP contribution in [0.2, 0.25) is 0 Å². The molecule has 0 aliphatic carbocycles. The van der Waals surface area contributed by atoms with Gasteiger partial charge in [0.25, 0.3) is 5.91 Å². The second kappa shape index (κ2) is 6.70. The highest BCUT2D eigenvalue weighted by Gasteiger charge is 2.30. The number of hydrazine groups is 1. The number of carbonyl (C=O) groups is 2. The second-order valence-electron chi connectivity index (χ2n) is 4.58. The van der Waals surface area contributed by atoms with Crippen molar-refractivity contribution in [3.05, 3.63) is 46.5 Å². The van der Waals surface area contributed by atoms with E-state index in [9.17, 15) is 9.59 Å². The minimum absolute atomic E-state index is 0.0361. The number of amides is 2. The van der Waals surface area contributed by atoms with E-state index in [4.69, 9.17) is 0 Å². The number of hydrogen-bond acceptors (Lipinski definition) is 2. The lowest BCUT2D eigenvalue weighted by Crippen LogP contribution is -2.44. The summed E-state index contributed by atoms with van der Waals surface area (Å²) in [5, 5.41) is 3.11. The van der Waals surface area contributed by atoms with Gasteiger partial charge in [0.05, 0.1) is 0 Å². The molecule has 0 unspecified atom stereocenters. The molecule has 1 aliphatic heterocycles. The van der Waals surface area contributed by atoms with Crippen LogP contribution in [0.5, 0.6) is 0 Å². The van der Waals surface area contributed by atoms with Crippen molar-refractivity contribution in [1.82, 2.24) is 10.0 Å². The minimum atomic E-state index is -0.121. The van der Waals surface area contributed by atoms with E-state index in [1.165, 1.54) is 0 Å². The van der Waals surface area contributed by atoms with Crippen LogP contribution in [0.15, 0.2) is 40.9 Å². The SMILES string of the molecule is C/C=C/CC(=O)N1CCCN1C(=O)c1ccc(Br)cc1. The smallest absolute Gasteiger partial charge is 0.272 e. The molecule has 0 aromatic heterocycles. The van der Waals surface area contributed by atoms with E-state index in [1.807, 2.05) is 31.2 Å². The van der Waals surface area contributed by atoms with E-state index >= 15 is 0 Å². The van der Waals surface area contributed by atoms with Crippen molar-refractivity contribution >= 4 is 27.7 Å². The van der Waals surface area contributed by atoms with Crippen molar-refractivity contribution in [1.29, 1.82) is 0 Å². The quantitative estimate of drug-likeness (QED) is 0.796. The summed E-state index contributed by atoms with van der Waals surface area (Å²) in [5.41, 5.74) is 0.596. The summed E-state index contributed by atoms with van der Waals surface area (Å²) in [7, 11) is 0. The Morgan fingerprint density at radius 2 is 1.85 bits per heavy atom. The van der Waals surface area contributed by atoms with Crippen LogP contribution in [-0.2, 0) is 4.79 Å². The molecule has 1 aromatic carbocycles. The Labute approximate surface area is 127 Å². The largest absolute Gasteiger partial charge is 0.273 e. The number of benzene rings is 1. The van der Waals surface area contributed by atoms with Crippen molar-refractivity contribution in [2.75, 3.05) is 13.1 Å². The fourth-order valence-corrected chi connectivity index (χ4v) is 2.41. The standard InChI is InChI=1S/C15H17BrN2O2/c1-2-3-5-14(19)17-10-4-11-18(17)15(20)12-6-8-13(16)9-7-12/h2-3,6-9H,4-5,10-11H2,1H3/b3-2+. The maximum Gasteiger partial charge on any atom is 0.272 e. The maximum atomic E-state index is 12.4. The Morgan fingerprint density at radius 3 is 2.50 bits per heavy atom. The zero-order valence-corrected chi connectivity index (χ0v) is 13.0. The predicted molar refractivity (Wildman–Crippen MR) is 80.9 cm³/mol. The van der Waals surface area contributed by atoms with Gasteiger partial charge < -0.3 is 0 Å². The molecule has 0 saturated carbocycles. The Bertz CT molecular complexity index is 525. The van der Waals surface area contributed by atoms with Crippen LogP contribution >= 0.6 is 15.9 Å². The molecule has 4 nitrogen and oxygen atoms in total. The first-order chi connectivity index (χ1) is 9.63. The van der Waals surface area contributed by atoms with Crippen molar-refractivity contribution in [2.45, 2.75) is 19.8 Å².